The zero-order valence-corrected chi connectivity index (χ0v) is 9.79. The molecule has 4 nitrogen and oxygen atoms in total. The number of aromatic nitrogens is 4. The maximum Gasteiger partial charge on any atom is 0.234 e. The Balaban J connectivity index is 2.26. The van der Waals surface area contributed by atoms with E-state index in [1.54, 1.807) is 12.4 Å². The van der Waals surface area contributed by atoms with Gasteiger partial charge in [0.05, 0.1) is 17.6 Å². The van der Waals surface area contributed by atoms with Crippen molar-refractivity contribution in [3.8, 4) is 11.4 Å². The first-order valence-electron chi connectivity index (χ1n) is 4.75. The lowest BCUT2D eigenvalue weighted by atomic mass is 10.3. The van der Waals surface area contributed by atoms with Crippen LogP contribution in [0, 0.1) is 0 Å². The van der Waals surface area contributed by atoms with E-state index in [1.165, 1.54) is 0 Å². The molecule has 0 radical (unpaired) electrons. The number of imidazole rings is 1. The fraction of sp³-hybridized carbons (Fsp3) is 0. The number of nitrogens with zero attached hydrogens (tertiary/aromatic N) is 4. The minimum Gasteiger partial charge on any atom is -0.282 e. The standard InChI is InChI=1S/C11H7BrN4/c12-10-4-1-3-8(15-10)9-7-14-11-13-5-2-6-16(9)11/h1-7H. The topological polar surface area (TPSA) is 43.1 Å². The fourth-order valence-electron chi connectivity index (χ4n) is 1.57. The van der Waals surface area contributed by atoms with Gasteiger partial charge in [0.15, 0.2) is 0 Å². The third kappa shape index (κ3) is 1.49. The summed E-state index contributed by atoms with van der Waals surface area (Å²) in [6.45, 7) is 0. The van der Waals surface area contributed by atoms with Crippen molar-refractivity contribution in [2.75, 3.05) is 0 Å². The van der Waals surface area contributed by atoms with Crippen LogP contribution in [0.4, 0.5) is 0 Å². The van der Waals surface area contributed by atoms with Crippen molar-refractivity contribution in [2.45, 2.75) is 0 Å². The maximum atomic E-state index is 4.39. The monoisotopic (exact) mass is 274 g/mol. The van der Waals surface area contributed by atoms with Gasteiger partial charge >= 0.3 is 0 Å². The molecule has 0 bridgehead atoms. The number of fused-ring (bicyclic) bond motifs is 1. The zero-order chi connectivity index (χ0) is 11.0. The molecule has 0 atom stereocenters. The molecule has 16 heavy (non-hydrogen) atoms. The van der Waals surface area contributed by atoms with Crippen LogP contribution in [-0.4, -0.2) is 19.4 Å². The number of halogens is 1. The van der Waals surface area contributed by atoms with E-state index in [-0.39, 0.29) is 0 Å². The van der Waals surface area contributed by atoms with Gasteiger partial charge in [-0.15, -0.1) is 0 Å². The van der Waals surface area contributed by atoms with Crippen molar-refractivity contribution in [3.63, 3.8) is 0 Å². The van der Waals surface area contributed by atoms with Crippen LogP contribution in [0.2, 0.25) is 0 Å². The smallest absolute Gasteiger partial charge is 0.234 e. The van der Waals surface area contributed by atoms with E-state index in [0.29, 0.717) is 5.78 Å². The average Bonchev–Trinajstić information content (AvgIpc) is 2.72. The third-order valence-corrected chi connectivity index (χ3v) is 2.71. The van der Waals surface area contributed by atoms with Crippen LogP contribution in [-0.2, 0) is 0 Å². The molecule has 0 N–H and O–H groups in total. The van der Waals surface area contributed by atoms with Crippen molar-refractivity contribution in [1.82, 2.24) is 19.4 Å². The van der Waals surface area contributed by atoms with E-state index in [1.807, 2.05) is 34.9 Å². The number of hydrogen-bond donors (Lipinski definition) is 0. The molecule has 0 spiro atoms. The van der Waals surface area contributed by atoms with Gasteiger partial charge in [-0.25, -0.2) is 15.0 Å². The van der Waals surface area contributed by atoms with Gasteiger partial charge in [0.2, 0.25) is 5.78 Å². The number of hydrogen-bond acceptors (Lipinski definition) is 3. The van der Waals surface area contributed by atoms with Crippen molar-refractivity contribution < 1.29 is 0 Å². The first kappa shape index (κ1) is 9.47. The first-order valence-corrected chi connectivity index (χ1v) is 5.55. The molecule has 0 aliphatic heterocycles. The van der Waals surface area contributed by atoms with Gasteiger partial charge in [-0.1, -0.05) is 6.07 Å². The van der Waals surface area contributed by atoms with Crippen molar-refractivity contribution in [3.05, 3.63) is 47.5 Å². The third-order valence-electron chi connectivity index (χ3n) is 2.27. The largest absolute Gasteiger partial charge is 0.282 e. The molecule has 0 aliphatic rings. The maximum absolute atomic E-state index is 4.39. The lowest BCUT2D eigenvalue weighted by molar-refractivity contribution is 1.10. The molecule has 3 aromatic heterocycles. The SMILES string of the molecule is Brc1cccc(-c2cnc3ncccn23)n1. The lowest BCUT2D eigenvalue weighted by Gasteiger charge is -2.00. The second-order valence-corrected chi connectivity index (χ2v) is 4.09. The van der Waals surface area contributed by atoms with Gasteiger partial charge in [-0.2, -0.15) is 0 Å². The molecular weight excluding hydrogens is 268 g/mol. The summed E-state index contributed by atoms with van der Waals surface area (Å²) in [4.78, 5) is 12.8. The van der Waals surface area contributed by atoms with Crippen LogP contribution in [0.25, 0.3) is 17.2 Å². The Bertz CT molecular complexity index is 647. The Morgan fingerprint density at radius 1 is 1.12 bits per heavy atom. The molecule has 0 saturated carbocycles. The zero-order valence-electron chi connectivity index (χ0n) is 8.21. The van der Waals surface area contributed by atoms with E-state index < -0.39 is 0 Å². The van der Waals surface area contributed by atoms with Gasteiger partial charge in [0.25, 0.3) is 0 Å². The summed E-state index contributed by atoms with van der Waals surface area (Å²) in [6, 6.07) is 7.66. The van der Waals surface area contributed by atoms with Gasteiger partial charge in [-0.3, -0.25) is 4.40 Å². The molecule has 0 fully saturated rings. The highest BCUT2D eigenvalue weighted by Crippen LogP contribution is 2.19. The van der Waals surface area contributed by atoms with Gasteiger partial charge in [0.1, 0.15) is 4.60 Å². The van der Waals surface area contributed by atoms with Crippen LogP contribution in [0.5, 0.6) is 0 Å². The molecule has 5 heteroatoms. The highest BCUT2D eigenvalue weighted by molar-refractivity contribution is 9.10. The normalized spacial score (nSPS) is 10.8. The molecule has 0 saturated heterocycles. The van der Waals surface area contributed by atoms with Crippen LogP contribution in [0.15, 0.2) is 47.5 Å². The lowest BCUT2D eigenvalue weighted by Crippen LogP contribution is -1.91. The van der Waals surface area contributed by atoms with Crippen LogP contribution >= 0.6 is 15.9 Å². The Hall–Kier alpha value is -1.75. The Kier molecular flexibility index (Phi) is 2.18. The molecule has 3 aromatic rings. The molecule has 78 valence electrons. The number of rotatable bonds is 1. The summed E-state index contributed by atoms with van der Waals surface area (Å²) < 4.78 is 2.72. The van der Waals surface area contributed by atoms with E-state index in [0.717, 1.165) is 16.0 Å². The van der Waals surface area contributed by atoms with Crippen LogP contribution < -0.4 is 0 Å². The predicted octanol–water partition coefficient (Wildman–Crippen LogP) is 2.55. The van der Waals surface area contributed by atoms with Crippen molar-refractivity contribution in [2.24, 2.45) is 0 Å². The summed E-state index contributed by atoms with van der Waals surface area (Å²) >= 11 is 3.36. The minimum atomic E-state index is 0.680. The summed E-state index contributed by atoms with van der Waals surface area (Å²) in [5.41, 5.74) is 1.80. The molecule has 0 amide bonds. The summed E-state index contributed by atoms with van der Waals surface area (Å²) in [5, 5.41) is 0. The van der Waals surface area contributed by atoms with E-state index in [2.05, 4.69) is 30.9 Å². The highest BCUT2D eigenvalue weighted by atomic mass is 79.9. The fourth-order valence-corrected chi connectivity index (χ4v) is 1.91. The Morgan fingerprint density at radius 3 is 2.94 bits per heavy atom. The average molecular weight is 275 g/mol. The first-order chi connectivity index (χ1) is 7.84. The Labute approximate surface area is 100 Å². The second kappa shape index (κ2) is 3.68. The van der Waals surface area contributed by atoms with Gasteiger partial charge in [0, 0.05) is 12.4 Å². The van der Waals surface area contributed by atoms with Gasteiger partial charge < -0.3 is 0 Å². The van der Waals surface area contributed by atoms with E-state index in [4.69, 9.17) is 0 Å². The van der Waals surface area contributed by atoms with E-state index >= 15 is 0 Å². The molecule has 0 aliphatic carbocycles. The highest BCUT2D eigenvalue weighted by Gasteiger charge is 2.06. The Morgan fingerprint density at radius 2 is 2.06 bits per heavy atom. The molecular formula is C11H7BrN4. The molecule has 0 unspecified atom stereocenters. The van der Waals surface area contributed by atoms with Crippen LogP contribution in [0.3, 0.4) is 0 Å². The molecule has 0 aromatic carbocycles. The van der Waals surface area contributed by atoms with Crippen molar-refractivity contribution in [1.29, 1.82) is 0 Å². The second-order valence-electron chi connectivity index (χ2n) is 3.28. The molecule has 3 heterocycles. The summed E-state index contributed by atoms with van der Waals surface area (Å²) in [5.74, 6) is 0.680. The van der Waals surface area contributed by atoms with E-state index in [9.17, 15) is 0 Å². The summed E-state index contributed by atoms with van der Waals surface area (Å²) in [6.07, 6.45) is 5.42. The molecule has 3 rings (SSSR count). The number of pyridine rings is 1. The summed E-state index contributed by atoms with van der Waals surface area (Å²) in [7, 11) is 0. The quantitative estimate of drug-likeness (QED) is 0.641. The minimum absolute atomic E-state index is 0.680. The predicted molar refractivity (Wildman–Crippen MR) is 63.9 cm³/mol. The van der Waals surface area contributed by atoms with Crippen LogP contribution in [0.1, 0.15) is 0 Å². The van der Waals surface area contributed by atoms with Gasteiger partial charge in [-0.05, 0) is 34.1 Å². The van der Waals surface area contributed by atoms with Crippen molar-refractivity contribution >= 4 is 21.7 Å².